The van der Waals surface area contributed by atoms with Crippen LogP contribution in [0.25, 0.3) is 0 Å². The third-order valence-corrected chi connectivity index (χ3v) is 4.69. The van der Waals surface area contributed by atoms with Crippen molar-refractivity contribution >= 4 is 22.9 Å². The van der Waals surface area contributed by atoms with Gasteiger partial charge in [0.05, 0.1) is 10.4 Å². The molecule has 1 N–H and O–H groups in total. The maximum Gasteiger partial charge on any atom is 0.0961 e. The molecule has 0 aliphatic rings. The highest BCUT2D eigenvalue weighted by molar-refractivity contribution is 7.16. The fourth-order valence-electron chi connectivity index (χ4n) is 2.10. The van der Waals surface area contributed by atoms with Gasteiger partial charge in [0.1, 0.15) is 0 Å². The lowest BCUT2D eigenvalue weighted by Crippen LogP contribution is -2.21. The molecule has 0 bridgehead atoms. The first-order valence-corrected chi connectivity index (χ1v) is 7.37. The summed E-state index contributed by atoms with van der Waals surface area (Å²) in [5.74, 6) is 0. The van der Waals surface area contributed by atoms with Crippen LogP contribution in [0, 0.1) is 13.8 Å². The number of aryl methyl sites for hydroxylation is 2. The minimum absolute atomic E-state index is 0.243. The van der Waals surface area contributed by atoms with Crippen molar-refractivity contribution in [2.24, 2.45) is 0 Å². The Morgan fingerprint density at radius 1 is 1.22 bits per heavy atom. The minimum atomic E-state index is 0.243. The molecule has 0 amide bonds. The standard InChI is InChI=1S/C15H18ClNS/c1-4-17-14(12-8-6-5-7-10(12)2)13-9-11(3)15(16)18-13/h5-9,14,17H,4H2,1-3H3. The smallest absolute Gasteiger partial charge is 0.0961 e. The Labute approximate surface area is 118 Å². The van der Waals surface area contributed by atoms with Gasteiger partial charge < -0.3 is 5.32 Å². The molecule has 18 heavy (non-hydrogen) atoms. The number of hydrogen-bond donors (Lipinski definition) is 1. The van der Waals surface area contributed by atoms with E-state index in [1.54, 1.807) is 11.3 Å². The molecule has 0 spiro atoms. The average Bonchev–Trinajstić information content (AvgIpc) is 2.68. The van der Waals surface area contributed by atoms with E-state index in [9.17, 15) is 0 Å². The van der Waals surface area contributed by atoms with Crippen LogP contribution in [0.3, 0.4) is 0 Å². The summed E-state index contributed by atoms with van der Waals surface area (Å²) in [5.41, 5.74) is 3.80. The Morgan fingerprint density at radius 3 is 2.50 bits per heavy atom. The first kappa shape index (κ1) is 13.6. The van der Waals surface area contributed by atoms with E-state index in [1.807, 2.05) is 0 Å². The van der Waals surface area contributed by atoms with Gasteiger partial charge in [-0.05, 0) is 43.1 Å². The second-order valence-electron chi connectivity index (χ2n) is 4.45. The van der Waals surface area contributed by atoms with E-state index in [0.29, 0.717) is 0 Å². The van der Waals surface area contributed by atoms with Crippen LogP contribution in [0.5, 0.6) is 0 Å². The van der Waals surface area contributed by atoms with Gasteiger partial charge in [-0.2, -0.15) is 0 Å². The van der Waals surface area contributed by atoms with Crippen LogP contribution in [-0.4, -0.2) is 6.54 Å². The summed E-state index contributed by atoms with van der Waals surface area (Å²) < 4.78 is 0.890. The predicted molar refractivity (Wildman–Crippen MR) is 80.8 cm³/mol. The van der Waals surface area contributed by atoms with E-state index in [0.717, 1.165) is 16.4 Å². The van der Waals surface area contributed by atoms with Crippen LogP contribution < -0.4 is 5.32 Å². The van der Waals surface area contributed by atoms with Crippen LogP contribution in [0.2, 0.25) is 4.34 Å². The van der Waals surface area contributed by atoms with Crippen molar-refractivity contribution in [1.29, 1.82) is 0 Å². The maximum absolute atomic E-state index is 6.19. The van der Waals surface area contributed by atoms with Crippen molar-refractivity contribution < 1.29 is 0 Å². The third kappa shape index (κ3) is 2.77. The lowest BCUT2D eigenvalue weighted by Gasteiger charge is -2.19. The van der Waals surface area contributed by atoms with Gasteiger partial charge in [0, 0.05) is 4.88 Å². The van der Waals surface area contributed by atoms with Crippen molar-refractivity contribution in [1.82, 2.24) is 5.32 Å². The molecular formula is C15H18ClNS. The molecule has 1 heterocycles. The molecule has 0 saturated carbocycles. The van der Waals surface area contributed by atoms with Gasteiger partial charge in [-0.3, -0.25) is 0 Å². The van der Waals surface area contributed by atoms with Gasteiger partial charge in [0.2, 0.25) is 0 Å². The summed E-state index contributed by atoms with van der Waals surface area (Å²) in [7, 11) is 0. The molecule has 1 atom stereocenters. The first-order valence-electron chi connectivity index (χ1n) is 6.18. The summed E-state index contributed by atoms with van der Waals surface area (Å²) >= 11 is 7.86. The maximum atomic E-state index is 6.19. The Balaban J connectivity index is 2.43. The highest BCUT2D eigenvalue weighted by atomic mass is 35.5. The molecule has 0 fully saturated rings. The van der Waals surface area contributed by atoms with E-state index >= 15 is 0 Å². The Kier molecular flexibility index (Phi) is 4.44. The highest BCUT2D eigenvalue weighted by Crippen LogP contribution is 2.34. The molecule has 1 nitrogen and oxygen atoms in total. The number of thiophene rings is 1. The van der Waals surface area contributed by atoms with Gasteiger partial charge in [0.15, 0.2) is 0 Å². The highest BCUT2D eigenvalue weighted by Gasteiger charge is 2.17. The summed E-state index contributed by atoms with van der Waals surface area (Å²) in [4.78, 5) is 1.29. The van der Waals surface area contributed by atoms with Gasteiger partial charge in [-0.1, -0.05) is 42.8 Å². The van der Waals surface area contributed by atoms with Crippen LogP contribution >= 0.6 is 22.9 Å². The quantitative estimate of drug-likeness (QED) is 0.854. The van der Waals surface area contributed by atoms with Crippen molar-refractivity contribution in [2.75, 3.05) is 6.54 Å². The SMILES string of the molecule is CCNC(c1cc(C)c(Cl)s1)c1ccccc1C. The van der Waals surface area contributed by atoms with E-state index in [1.165, 1.54) is 16.0 Å². The Hall–Kier alpha value is -0.830. The number of hydrogen-bond acceptors (Lipinski definition) is 2. The summed E-state index contributed by atoms with van der Waals surface area (Å²) in [6.45, 7) is 7.28. The fourth-order valence-corrected chi connectivity index (χ4v) is 3.42. The molecule has 0 aliphatic carbocycles. The lowest BCUT2D eigenvalue weighted by molar-refractivity contribution is 0.636. The van der Waals surface area contributed by atoms with Crippen molar-refractivity contribution in [3.05, 3.63) is 56.2 Å². The zero-order chi connectivity index (χ0) is 13.1. The van der Waals surface area contributed by atoms with Crippen LogP contribution in [0.15, 0.2) is 30.3 Å². The van der Waals surface area contributed by atoms with E-state index in [2.05, 4.69) is 56.4 Å². The first-order chi connectivity index (χ1) is 8.63. The predicted octanol–water partition coefficient (Wildman–Crippen LogP) is 4.72. The van der Waals surface area contributed by atoms with E-state index in [4.69, 9.17) is 11.6 Å². The second kappa shape index (κ2) is 5.87. The molecule has 2 rings (SSSR count). The molecule has 2 aromatic rings. The molecule has 0 aliphatic heterocycles. The van der Waals surface area contributed by atoms with Crippen molar-refractivity contribution in [3.8, 4) is 0 Å². The zero-order valence-electron chi connectivity index (χ0n) is 11.0. The Bertz CT molecular complexity index is 514. The Morgan fingerprint density at radius 2 is 1.94 bits per heavy atom. The fraction of sp³-hybridized carbons (Fsp3) is 0.333. The van der Waals surface area contributed by atoms with Gasteiger partial charge in [-0.25, -0.2) is 0 Å². The largest absolute Gasteiger partial charge is 0.306 e. The minimum Gasteiger partial charge on any atom is -0.306 e. The number of rotatable bonds is 4. The molecule has 0 radical (unpaired) electrons. The van der Waals surface area contributed by atoms with Crippen LogP contribution in [0.1, 0.15) is 34.5 Å². The van der Waals surface area contributed by atoms with Crippen LogP contribution in [0.4, 0.5) is 0 Å². The molecule has 0 saturated heterocycles. The number of nitrogens with one attached hydrogen (secondary N) is 1. The third-order valence-electron chi connectivity index (χ3n) is 3.07. The summed E-state index contributed by atoms with van der Waals surface area (Å²) in [5, 5.41) is 3.55. The molecule has 1 unspecified atom stereocenters. The lowest BCUT2D eigenvalue weighted by atomic mass is 10.00. The molecule has 3 heteroatoms. The molecule has 1 aromatic heterocycles. The molecule has 96 valence electrons. The van der Waals surface area contributed by atoms with E-state index in [-0.39, 0.29) is 6.04 Å². The van der Waals surface area contributed by atoms with Crippen molar-refractivity contribution in [3.63, 3.8) is 0 Å². The summed E-state index contributed by atoms with van der Waals surface area (Å²) in [6.07, 6.45) is 0. The normalized spacial score (nSPS) is 12.7. The van der Waals surface area contributed by atoms with Gasteiger partial charge in [0.25, 0.3) is 0 Å². The molecular weight excluding hydrogens is 262 g/mol. The average molecular weight is 280 g/mol. The van der Waals surface area contributed by atoms with Crippen molar-refractivity contribution in [2.45, 2.75) is 26.8 Å². The van der Waals surface area contributed by atoms with Crippen LogP contribution in [-0.2, 0) is 0 Å². The van der Waals surface area contributed by atoms with E-state index < -0.39 is 0 Å². The number of benzene rings is 1. The number of halogens is 1. The topological polar surface area (TPSA) is 12.0 Å². The van der Waals surface area contributed by atoms with Gasteiger partial charge in [-0.15, -0.1) is 11.3 Å². The monoisotopic (exact) mass is 279 g/mol. The molecule has 1 aromatic carbocycles. The summed E-state index contributed by atoms with van der Waals surface area (Å²) in [6, 6.07) is 10.9. The van der Waals surface area contributed by atoms with Gasteiger partial charge >= 0.3 is 0 Å². The second-order valence-corrected chi connectivity index (χ2v) is 6.14. The zero-order valence-corrected chi connectivity index (χ0v) is 12.5.